The van der Waals surface area contributed by atoms with E-state index in [1.807, 2.05) is 12.1 Å². The summed E-state index contributed by atoms with van der Waals surface area (Å²) in [5, 5.41) is 19.7. The average Bonchev–Trinajstić information content (AvgIpc) is 2.73. The van der Waals surface area contributed by atoms with Gasteiger partial charge in [0.1, 0.15) is 5.75 Å². The molecule has 0 spiro atoms. The molecule has 0 amide bonds. The average molecular weight is 377 g/mol. The number of phenols is 1. The summed E-state index contributed by atoms with van der Waals surface area (Å²) in [5.41, 5.74) is 2.51. The van der Waals surface area contributed by atoms with E-state index >= 15 is 0 Å². The third kappa shape index (κ3) is 4.23. The number of nitrogens with zero attached hydrogens (tertiary/aromatic N) is 2. The van der Waals surface area contributed by atoms with Crippen molar-refractivity contribution in [1.29, 1.82) is 5.26 Å². The number of phenolic OH excluding ortho intramolecular Hbond substituents is 1. The fourth-order valence-electron chi connectivity index (χ4n) is 5.27. The van der Waals surface area contributed by atoms with Gasteiger partial charge in [-0.1, -0.05) is 55.8 Å². The topological polar surface area (TPSA) is 47.3 Å². The van der Waals surface area contributed by atoms with Crippen molar-refractivity contribution in [2.24, 2.45) is 5.92 Å². The molecule has 3 rings (SSSR count). The SMILES string of the molecule is CC[C@@]1(c2cccc(O)c2)CCC[C@@H](N(C)CCc2ccccc2)[C@H]1CC#N. The summed E-state index contributed by atoms with van der Waals surface area (Å²) in [4.78, 5) is 2.47. The minimum absolute atomic E-state index is 0.0433. The maximum Gasteiger partial charge on any atom is 0.115 e. The van der Waals surface area contributed by atoms with Gasteiger partial charge in [-0.15, -0.1) is 0 Å². The van der Waals surface area contributed by atoms with Gasteiger partial charge in [0.15, 0.2) is 0 Å². The summed E-state index contributed by atoms with van der Waals surface area (Å²) in [6.45, 7) is 3.23. The van der Waals surface area contributed by atoms with E-state index in [1.54, 1.807) is 6.07 Å². The molecule has 0 heterocycles. The van der Waals surface area contributed by atoms with Gasteiger partial charge in [-0.05, 0) is 61.9 Å². The van der Waals surface area contributed by atoms with Crippen LogP contribution in [0.2, 0.25) is 0 Å². The molecule has 3 atom stereocenters. The second kappa shape index (κ2) is 9.26. The van der Waals surface area contributed by atoms with Gasteiger partial charge in [-0.2, -0.15) is 5.26 Å². The number of hydrogen-bond acceptors (Lipinski definition) is 3. The Hall–Kier alpha value is -2.31. The summed E-state index contributed by atoms with van der Waals surface area (Å²) < 4.78 is 0. The van der Waals surface area contributed by atoms with Crippen LogP contribution < -0.4 is 0 Å². The maximum absolute atomic E-state index is 10.1. The molecule has 1 aliphatic rings. The summed E-state index contributed by atoms with van der Waals surface area (Å²) in [7, 11) is 2.21. The fourth-order valence-corrected chi connectivity index (χ4v) is 5.27. The number of benzene rings is 2. The van der Waals surface area contributed by atoms with E-state index in [1.165, 1.54) is 11.1 Å². The zero-order valence-electron chi connectivity index (χ0n) is 17.1. The fraction of sp³-hybridized carbons (Fsp3) is 0.480. The lowest BCUT2D eigenvalue weighted by Crippen LogP contribution is -2.51. The van der Waals surface area contributed by atoms with Crippen molar-refractivity contribution in [3.8, 4) is 11.8 Å². The Labute approximate surface area is 169 Å². The van der Waals surface area contributed by atoms with E-state index in [-0.39, 0.29) is 11.3 Å². The van der Waals surface area contributed by atoms with Crippen molar-refractivity contribution in [2.45, 2.75) is 56.9 Å². The predicted molar refractivity (Wildman–Crippen MR) is 114 cm³/mol. The van der Waals surface area contributed by atoms with Crippen LogP contribution in [0.25, 0.3) is 0 Å². The zero-order chi connectivity index (χ0) is 20.0. The summed E-state index contributed by atoms with van der Waals surface area (Å²) in [5.74, 6) is 0.597. The Balaban J connectivity index is 1.85. The van der Waals surface area contributed by atoms with E-state index in [0.717, 1.165) is 38.6 Å². The van der Waals surface area contributed by atoms with E-state index in [9.17, 15) is 10.4 Å². The van der Waals surface area contributed by atoms with E-state index in [0.29, 0.717) is 18.2 Å². The first kappa shape index (κ1) is 20.4. The van der Waals surface area contributed by atoms with Gasteiger partial charge in [-0.25, -0.2) is 0 Å². The van der Waals surface area contributed by atoms with Crippen LogP contribution in [0.5, 0.6) is 5.75 Å². The van der Waals surface area contributed by atoms with Crippen molar-refractivity contribution >= 4 is 0 Å². The normalized spacial score (nSPS) is 24.8. The summed E-state index contributed by atoms with van der Waals surface area (Å²) >= 11 is 0. The van der Waals surface area contributed by atoms with Gasteiger partial charge in [0.05, 0.1) is 6.07 Å². The van der Waals surface area contributed by atoms with Crippen molar-refractivity contribution < 1.29 is 5.11 Å². The van der Waals surface area contributed by atoms with Gasteiger partial charge in [-0.3, -0.25) is 0 Å². The molecule has 2 aromatic rings. The van der Waals surface area contributed by atoms with Crippen molar-refractivity contribution in [2.75, 3.05) is 13.6 Å². The Kier molecular flexibility index (Phi) is 6.75. The minimum atomic E-state index is -0.0433. The van der Waals surface area contributed by atoms with Crippen LogP contribution in [-0.4, -0.2) is 29.6 Å². The predicted octanol–water partition coefficient (Wildman–Crippen LogP) is 5.30. The monoisotopic (exact) mass is 376 g/mol. The molecule has 3 heteroatoms. The molecule has 1 N–H and O–H groups in total. The van der Waals surface area contributed by atoms with Crippen molar-refractivity contribution in [1.82, 2.24) is 4.90 Å². The van der Waals surface area contributed by atoms with Gasteiger partial charge >= 0.3 is 0 Å². The third-order valence-electron chi connectivity index (χ3n) is 6.82. The highest BCUT2D eigenvalue weighted by atomic mass is 16.3. The van der Waals surface area contributed by atoms with Crippen molar-refractivity contribution in [3.63, 3.8) is 0 Å². The molecular weight excluding hydrogens is 344 g/mol. The van der Waals surface area contributed by atoms with Gasteiger partial charge in [0, 0.05) is 24.4 Å². The first-order chi connectivity index (χ1) is 13.6. The smallest absolute Gasteiger partial charge is 0.115 e. The zero-order valence-corrected chi connectivity index (χ0v) is 17.1. The van der Waals surface area contributed by atoms with Crippen LogP contribution in [0.4, 0.5) is 0 Å². The molecule has 0 aliphatic heterocycles. The maximum atomic E-state index is 10.1. The molecule has 3 nitrogen and oxygen atoms in total. The highest BCUT2D eigenvalue weighted by Crippen LogP contribution is 2.49. The molecule has 1 fully saturated rings. The highest BCUT2D eigenvalue weighted by molar-refractivity contribution is 5.35. The molecule has 0 aromatic heterocycles. The molecular formula is C25H32N2O. The Bertz CT molecular complexity index is 798. The molecule has 1 saturated carbocycles. The summed E-state index contributed by atoms with van der Waals surface area (Å²) in [6, 6.07) is 21.2. The quantitative estimate of drug-likeness (QED) is 0.713. The Morgan fingerprint density at radius 2 is 1.96 bits per heavy atom. The number of hydrogen-bond donors (Lipinski definition) is 1. The van der Waals surface area contributed by atoms with Crippen LogP contribution in [0.3, 0.4) is 0 Å². The van der Waals surface area contributed by atoms with Crippen molar-refractivity contribution in [3.05, 3.63) is 65.7 Å². The second-order valence-electron chi connectivity index (χ2n) is 8.20. The number of likely N-dealkylation sites (N-methyl/N-ethyl adjacent to an activating group) is 1. The molecule has 0 saturated heterocycles. The van der Waals surface area contributed by atoms with E-state index in [2.05, 4.69) is 61.3 Å². The molecule has 28 heavy (non-hydrogen) atoms. The van der Waals surface area contributed by atoms with E-state index in [4.69, 9.17) is 0 Å². The standard InChI is InChI=1S/C25H32N2O/c1-3-25(21-11-7-12-22(28)19-21)16-8-13-24(23(25)14-17-26)27(2)18-15-20-9-5-4-6-10-20/h4-7,9-12,19,23-24,28H,3,8,13-16,18H2,1-2H3/t23-,24-,25+/m1/s1. The van der Waals surface area contributed by atoms with Gasteiger partial charge < -0.3 is 10.0 Å². The molecule has 0 unspecified atom stereocenters. The van der Waals surface area contributed by atoms with Crippen LogP contribution in [0.1, 0.15) is 50.2 Å². The molecule has 0 radical (unpaired) electrons. The lowest BCUT2D eigenvalue weighted by Gasteiger charge is -2.50. The second-order valence-corrected chi connectivity index (χ2v) is 8.20. The first-order valence-electron chi connectivity index (χ1n) is 10.5. The first-order valence-corrected chi connectivity index (χ1v) is 10.5. The highest BCUT2D eigenvalue weighted by Gasteiger charge is 2.46. The van der Waals surface area contributed by atoms with Gasteiger partial charge in [0.25, 0.3) is 0 Å². The lowest BCUT2D eigenvalue weighted by atomic mass is 9.58. The van der Waals surface area contributed by atoms with Gasteiger partial charge in [0.2, 0.25) is 0 Å². The van der Waals surface area contributed by atoms with Crippen LogP contribution in [-0.2, 0) is 11.8 Å². The van der Waals surface area contributed by atoms with Crippen LogP contribution >= 0.6 is 0 Å². The van der Waals surface area contributed by atoms with Crippen LogP contribution in [0, 0.1) is 17.2 Å². The number of rotatable bonds is 7. The molecule has 0 bridgehead atoms. The molecule has 148 valence electrons. The third-order valence-corrected chi connectivity index (χ3v) is 6.82. The molecule has 1 aliphatic carbocycles. The number of aromatic hydroxyl groups is 1. The largest absolute Gasteiger partial charge is 0.508 e. The minimum Gasteiger partial charge on any atom is -0.508 e. The lowest BCUT2D eigenvalue weighted by molar-refractivity contribution is 0.0601. The molecule has 2 aromatic carbocycles. The van der Waals surface area contributed by atoms with E-state index < -0.39 is 0 Å². The Morgan fingerprint density at radius 3 is 2.64 bits per heavy atom. The number of nitriles is 1. The van der Waals surface area contributed by atoms with Crippen LogP contribution in [0.15, 0.2) is 54.6 Å². The summed E-state index contributed by atoms with van der Waals surface area (Å²) in [6.07, 6.45) is 5.96. The Morgan fingerprint density at radius 1 is 1.18 bits per heavy atom.